The summed E-state index contributed by atoms with van der Waals surface area (Å²) in [6.45, 7) is 4.41. The Kier molecular flexibility index (Phi) is 6.80. The molecule has 1 atom stereocenters. The third-order valence-electron chi connectivity index (χ3n) is 4.53. The number of anilines is 1. The molecule has 1 unspecified atom stereocenters. The highest BCUT2D eigenvalue weighted by Gasteiger charge is 2.16. The van der Waals surface area contributed by atoms with E-state index in [1.165, 1.54) is 16.9 Å². The van der Waals surface area contributed by atoms with E-state index >= 15 is 0 Å². The van der Waals surface area contributed by atoms with E-state index in [1.807, 2.05) is 54.6 Å². The first-order valence-electron chi connectivity index (χ1n) is 9.45. The Morgan fingerprint density at radius 1 is 0.897 bits per heavy atom. The third-order valence-corrected chi connectivity index (χ3v) is 5.67. The Morgan fingerprint density at radius 3 is 2.24 bits per heavy atom. The molecule has 0 spiro atoms. The number of benzene rings is 2. The number of amides is 2. The lowest BCUT2D eigenvalue weighted by Crippen LogP contribution is -2.34. The van der Waals surface area contributed by atoms with Gasteiger partial charge in [0.15, 0.2) is 0 Å². The van der Waals surface area contributed by atoms with Crippen LogP contribution in [0.25, 0.3) is 0 Å². The molecule has 3 rings (SSSR count). The van der Waals surface area contributed by atoms with E-state index in [0.717, 1.165) is 15.3 Å². The second-order valence-electron chi connectivity index (χ2n) is 7.03. The van der Waals surface area contributed by atoms with E-state index < -0.39 is 17.9 Å². The molecule has 0 saturated carbocycles. The van der Waals surface area contributed by atoms with Crippen LogP contribution in [0.3, 0.4) is 0 Å². The summed E-state index contributed by atoms with van der Waals surface area (Å²) in [5.74, 6) is -1.00. The topological polar surface area (TPSA) is 78.4 Å². The van der Waals surface area contributed by atoms with Gasteiger partial charge in [0.1, 0.15) is 6.10 Å². The Balaban J connectivity index is 1.52. The van der Waals surface area contributed by atoms with E-state index in [9.17, 15) is 14.7 Å². The highest BCUT2D eigenvalue weighted by atomic mass is 32.1. The van der Waals surface area contributed by atoms with Crippen LogP contribution in [0.15, 0.2) is 66.7 Å². The van der Waals surface area contributed by atoms with Crippen molar-refractivity contribution in [1.82, 2.24) is 5.32 Å². The molecule has 6 heteroatoms. The molecule has 0 aliphatic heterocycles. The highest BCUT2D eigenvalue weighted by Crippen LogP contribution is 2.28. The fraction of sp³-hybridized carbons (Fsp3) is 0.217. The molecule has 3 N–H and O–H groups in total. The summed E-state index contributed by atoms with van der Waals surface area (Å²) < 4.78 is 0. The summed E-state index contributed by atoms with van der Waals surface area (Å²) in [5.41, 5.74) is 2.56. The van der Waals surface area contributed by atoms with Crippen molar-refractivity contribution in [2.45, 2.75) is 32.4 Å². The van der Waals surface area contributed by atoms with Gasteiger partial charge in [0.25, 0.3) is 0 Å². The van der Waals surface area contributed by atoms with Crippen molar-refractivity contribution in [2.24, 2.45) is 0 Å². The van der Waals surface area contributed by atoms with Gasteiger partial charge >= 0.3 is 11.8 Å². The fourth-order valence-corrected chi connectivity index (χ4v) is 3.79. The summed E-state index contributed by atoms with van der Waals surface area (Å²) in [5, 5.41) is 15.7. The van der Waals surface area contributed by atoms with Gasteiger partial charge in [-0.15, -0.1) is 11.3 Å². The molecule has 1 heterocycles. The zero-order chi connectivity index (χ0) is 20.8. The lowest BCUT2D eigenvalue weighted by molar-refractivity contribution is -0.136. The lowest BCUT2D eigenvalue weighted by Gasteiger charge is -2.09. The summed E-state index contributed by atoms with van der Waals surface area (Å²) >= 11 is 1.40. The summed E-state index contributed by atoms with van der Waals surface area (Å²) in [6.07, 6.45) is -0.706. The Hall–Kier alpha value is -2.96. The van der Waals surface area contributed by atoms with Gasteiger partial charge in [0.05, 0.1) is 6.54 Å². The monoisotopic (exact) mass is 408 g/mol. The van der Waals surface area contributed by atoms with Gasteiger partial charge in [-0.05, 0) is 41.3 Å². The van der Waals surface area contributed by atoms with Gasteiger partial charge < -0.3 is 15.7 Å². The van der Waals surface area contributed by atoms with Crippen molar-refractivity contribution in [1.29, 1.82) is 0 Å². The van der Waals surface area contributed by atoms with Crippen LogP contribution >= 0.6 is 11.3 Å². The van der Waals surface area contributed by atoms with Crippen LogP contribution in [-0.2, 0) is 16.1 Å². The van der Waals surface area contributed by atoms with Gasteiger partial charge in [0.2, 0.25) is 0 Å². The van der Waals surface area contributed by atoms with Gasteiger partial charge in [-0.3, -0.25) is 9.59 Å². The molecule has 3 aromatic rings. The van der Waals surface area contributed by atoms with Crippen molar-refractivity contribution in [2.75, 3.05) is 5.32 Å². The zero-order valence-electron chi connectivity index (χ0n) is 16.4. The number of thiophene rings is 1. The molecule has 0 aliphatic rings. The van der Waals surface area contributed by atoms with Crippen LogP contribution in [0.4, 0.5) is 5.69 Å². The molecule has 1 aromatic heterocycles. The molecule has 2 amide bonds. The number of aliphatic hydroxyl groups is 1. The average molecular weight is 409 g/mol. The van der Waals surface area contributed by atoms with Gasteiger partial charge in [-0.2, -0.15) is 0 Å². The molecule has 2 aromatic carbocycles. The van der Waals surface area contributed by atoms with Crippen molar-refractivity contribution < 1.29 is 14.7 Å². The molecular formula is C23H24N2O3S. The minimum absolute atomic E-state index is 0.227. The van der Waals surface area contributed by atoms with Gasteiger partial charge in [-0.1, -0.05) is 56.3 Å². The minimum atomic E-state index is -0.706. The number of carbonyl (C=O) groups excluding carboxylic acids is 2. The maximum absolute atomic E-state index is 12.1. The van der Waals surface area contributed by atoms with Gasteiger partial charge in [0, 0.05) is 15.4 Å². The number of aliphatic hydroxyl groups excluding tert-OH is 1. The maximum atomic E-state index is 12.1. The van der Waals surface area contributed by atoms with E-state index in [1.54, 1.807) is 12.1 Å². The summed E-state index contributed by atoms with van der Waals surface area (Å²) in [4.78, 5) is 25.8. The van der Waals surface area contributed by atoms with Crippen molar-refractivity contribution in [3.63, 3.8) is 0 Å². The van der Waals surface area contributed by atoms with E-state index in [4.69, 9.17) is 0 Å². The lowest BCUT2D eigenvalue weighted by atomic mass is 10.0. The fourth-order valence-electron chi connectivity index (χ4n) is 2.82. The molecule has 0 radical (unpaired) electrons. The SMILES string of the molecule is CC(C)c1ccc(NC(=O)C(=O)NCc2ccc(C(O)c3ccccc3)s2)cc1. The number of carbonyl (C=O) groups is 2. The first kappa shape index (κ1) is 20.8. The number of hydrogen-bond donors (Lipinski definition) is 3. The third kappa shape index (κ3) is 5.53. The molecule has 150 valence electrons. The van der Waals surface area contributed by atoms with Crippen molar-refractivity contribution in [3.05, 3.63) is 87.6 Å². The maximum Gasteiger partial charge on any atom is 0.313 e. The van der Waals surface area contributed by atoms with Crippen LogP contribution in [0.5, 0.6) is 0 Å². The van der Waals surface area contributed by atoms with Crippen LogP contribution in [-0.4, -0.2) is 16.9 Å². The van der Waals surface area contributed by atoms with Crippen LogP contribution in [0, 0.1) is 0 Å². The molecule has 0 aliphatic carbocycles. The predicted octanol–water partition coefficient (Wildman–Crippen LogP) is 4.21. The molecule has 5 nitrogen and oxygen atoms in total. The molecule has 29 heavy (non-hydrogen) atoms. The highest BCUT2D eigenvalue weighted by molar-refractivity contribution is 7.12. The van der Waals surface area contributed by atoms with E-state index in [0.29, 0.717) is 11.6 Å². The minimum Gasteiger partial charge on any atom is -0.383 e. The molecular weight excluding hydrogens is 384 g/mol. The second-order valence-corrected chi connectivity index (χ2v) is 8.23. The second kappa shape index (κ2) is 9.49. The van der Waals surface area contributed by atoms with Crippen molar-refractivity contribution in [3.8, 4) is 0 Å². The van der Waals surface area contributed by atoms with E-state index in [-0.39, 0.29) is 6.54 Å². The van der Waals surface area contributed by atoms with Gasteiger partial charge in [-0.25, -0.2) is 0 Å². The average Bonchev–Trinajstić information content (AvgIpc) is 3.21. The molecule has 0 bridgehead atoms. The predicted molar refractivity (Wildman–Crippen MR) is 116 cm³/mol. The number of nitrogens with one attached hydrogen (secondary N) is 2. The smallest absolute Gasteiger partial charge is 0.313 e. The molecule has 0 saturated heterocycles. The van der Waals surface area contributed by atoms with Crippen molar-refractivity contribution >= 4 is 28.8 Å². The Bertz CT molecular complexity index is 965. The Morgan fingerprint density at radius 2 is 1.59 bits per heavy atom. The standard InChI is InChI=1S/C23H24N2O3S/c1-15(2)16-8-10-18(11-9-16)25-23(28)22(27)24-14-19-12-13-20(29-19)21(26)17-6-4-3-5-7-17/h3-13,15,21,26H,14H2,1-2H3,(H,24,27)(H,25,28). The van der Waals surface area contributed by atoms with E-state index in [2.05, 4.69) is 24.5 Å². The normalized spacial score (nSPS) is 11.9. The number of hydrogen-bond acceptors (Lipinski definition) is 4. The van der Waals surface area contributed by atoms with Crippen LogP contribution < -0.4 is 10.6 Å². The zero-order valence-corrected chi connectivity index (χ0v) is 17.2. The summed E-state index contributed by atoms with van der Waals surface area (Å²) in [7, 11) is 0. The first-order chi connectivity index (χ1) is 13.9. The number of rotatable bonds is 6. The summed E-state index contributed by atoms with van der Waals surface area (Å²) in [6, 6.07) is 20.5. The van der Waals surface area contributed by atoms with Crippen LogP contribution in [0.2, 0.25) is 0 Å². The van der Waals surface area contributed by atoms with Crippen LogP contribution in [0.1, 0.15) is 46.8 Å². The Labute approximate surface area is 174 Å². The largest absolute Gasteiger partial charge is 0.383 e. The first-order valence-corrected chi connectivity index (χ1v) is 10.3. The molecule has 0 fully saturated rings. The quantitative estimate of drug-likeness (QED) is 0.535.